The fourth-order valence-corrected chi connectivity index (χ4v) is 1.98. The summed E-state index contributed by atoms with van der Waals surface area (Å²) in [4.78, 5) is 35.5. The lowest BCUT2D eigenvalue weighted by molar-refractivity contribution is -0.120. The number of hydrogen-bond acceptors (Lipinski definition) is 4. The number of carbonyl (C=O) groups excluding carboxylic acids is 3. The minimum atomic E-state index is -0.489. The lowest BCUT2D eigenvalue weighted by Gasteiger charge is -2.04. The number of nitrogens with one attached hydrogen (secondary N) is 3. The van der Waals surface area contributed by atoms with Gasteiger partial charge >= 0.3 is 0 Å². The number of aryl methyl sites for hydroxylation is 1. The van der Waals surface area contributed by atoms with Crippen molar-refractivity contribution in [1.82, 2.24) is 20.4 Å². The van der Waals surface area contributed by atoms with Crippen LogP contribution in [0.3, 0.4) is 0 Å². The van der Waals surface area contributed by atoms with E-state index in [2.05, 4.69) is 21.0 Å². The van der Waals surface area contributed by atoms with Crippen LogP contribution in [0.25, 0.3) is 0 Å². The molecule has 2 aromatic rings. The van der Waals surface area contributed by atoms with Gasteiger partial charge in [0.15, 0.2) is 5.69 Å². The number of nitrogens with zero attached hydrogens (tertiary/aromatic N) is 2. The van der Waals surface area contributed by atoms with Crippen molar-refractivity contribution in [3.05, 3.63) is 47.7 Å². The Hall–Kier alpha value is -3.16. The van der Waals surface area contributed by atoms with E-state index in [1.807, 2.05) is 6.07 Å². The van der Waals surface area contributed by atoms with Gasteiger partial charge in [0, 0.05) is 25.2 Å². The standard InChI is InChI=1S/C16H19N5O3/c1-3-17-14(22)10-18-16(24)12-9-13(21(2)20-12)19-15(23)11-7-5-4-6-8-11/h4-9H,3,10H2,1-2H3,(H,17,22)(H,18,24)(H,19,23). The number of amides is 3. The maximum atomic E-state index is 12.1. The molecule has 0 unspecified atom stereocenters. The number of rotatable bonds is 6. The van der Waals surface area contributed by atoms with Crippen LogP contribution < -0.4 is 16.0 Å². The molecule has 0 aliphatic rings. The lowest BCUT2D eigenvalue weighted by atomic mass is 10.2. The Balaban J connectivity index is 2.00. The monoisotopic (exact) mass is 329 g/mol. The van der Waals surface area contributed by atoms with Crippen LogP contribution in [0.2, 0.25) is 0 Å². The lowest BCUT2D eigenvalue weighted by Crippen LogP contribution is -2.36. The van der Waals surface area contributed by atoms with Gasteiger partial charge in [-0.1, -0.05) is 18.2 Å². The van der Waals surface area contributed by atoms with Crippen molar-refractivity contribution in [2.24, 2.45) is 7.05 Å². The average molecular weight is 329 g/mol. The summed E-state index contributed by atoms with van der Waals surface area (Å²) < 4.78 is 1.39. The first-order chi connectivity index (χ1) is 11.5. The van der Waals surface area contributed by atoms with Gasteiger partial charge in [0.05, 0.1) is 6.54 Å². The van der Waals surface area contributed by atoms with E-state index in [0.29, 0.717) is 17.9 Å². The average Bonchev–Trinajstić information content (AvgIpc) is 2.94. The second-order valence-electron chi connectivity index (χ2n) is 4.99. The number of hydrogen-bond donors (Lipinski definition) is 3. The van der Waals surface area contributed by atoms with Crippen LogP contribution in [0.1, 0.15) is 27.8 Å². The van der Waals surface area contributed by atoms with E-state index in [4.69, 9.17) is 0 Å². The minimum Gasteiger partial charge on any atom is -0.355 e. The van der Waals surface area contributed by atoms with Gasteiger partial charge in [-0.15, -0.1) is 0 Å². The quantitative estimate of drug-likeness (QED) is 0.719. The molecule has 0 aliphatic heterocycles. The molecule has 0 bridgehead atoms. The SMILES string of the molecule is CCNC(=O)CNC(=O)c1cc(NC(=O)c2ccccc2)n(C)n1. The molecule has 2 rings (SSSR count). The topological polar surface area (TPSA) is 105 Å². The molecule has 1 aromatic carbocycles. The first kappa shape index (κ1) is 17.2. The van der Waals surface area contributed by atoms with Crippen molar-refractivity contribution in [3.63, 3.8) is 0 Å². The van der Waals surface area contributed by atoms with Crippen LogP contribution in [0.5, 0.6) is 0 Å². The Labute approximate surface area is 139 Å². The van der Waals surface area contributed by atoms with Crippen LogP contribution in [0.15, 0.2) is 36.4 Å². The predicted molar refractivity (Wildman–Crippen MR) is 88.6 cm³/mol. The fraction of sp³-hybridized carbons (Fsp3) is 0.250. The Morgan fingerprint density at radius 3 is 2.46 bits per heavy atom. The number of anilines is 1. The summed E-state index contributed by atoms with van der Waals surface area (Å²) >= 11 is 0. The van der Waals surface area contributed by atoms with Crippen LogP contribution in [0, 0.1) is 0 Å². The normalized spacial score (nSPS) is 10.1. The molecule has 126 valence electrons. The highest BCUT2D eigenvalue weighted by Crippen LogP contribution is 2.11. The molecule has 24 heavy (non-hydrogen) atoms. The molecule has 0 aliphatic carbocycles. The van der Waals surface area contributed by atoms with E-state index in [1.165, 1.54) is 10.7 Å². The van der Waals surface area contributed by atoms with Crippen molar-refractivity contribution in [3.8, 4) is 0 Å². The van der Waals surface area contributed by atoms with E-state index in [1.54, 1.807) is 38.2 Å². The first-order valence-corrected chi connectivity index (χ1v) is 7.46. The first-order valence-electron chi connectivity index (χ1n) is 7.46. The maximum Gasteiger partial charge on any atom is 0.272 e. The number of carbonyl (C=O) groups is 3. The Morgan fingerprint density at radius 2 is 1.79 bits per heavy atom. The zero-order valence-corrected chi connectivity index (χ0v) is 13.5. The molecule has 3 N–H and O–H groups in total. The van der Waals surface area contributed by atoms with Gasteiger partial charge in [-0.25, -0.2) is 0 Å². The summed E-state index contributed by atoms with van der Waals surface area (Å²) in [5.74, 6) is -0.684. The van der Waals surface area contributed by atoms with Gasteiger partial charge in [0.25, 0.3) is 11.8 Å². The van der Waals surface area contributed by atoms with Crippen LogP contribution in [-0.4, -0.2) is 40.6 Å². The minimum absolute atomic E-state index is 0.116. The van der Waals surface area contributed by atoms with Crippen molar-refractivity contribution < 1.29 is 14.4 Å². The third kappa shape index (κ3) is 4.42. The molecule has 1 heterocycles. The highest BCUT2D eigenvalue weighted by molar-refractivity contribution is 6.04. The van der Waals surface area contributed by atoms with Gasteiger partial charge < -0.3 is 16.0 Å². The molecule has 0 saturated carbocycles. The number of likely N-dealkylation sites (N-methyl/N-ethyl adjacent to an activating group) is 1. The zero-order chi connectivity index (χ0) is 17.5. The van der Waals surface area contributed by atoms with Gasteiger partial charge in [-0.2, -0.15) is 5.10 Å². The van der Waals surface area contributed by atoms with E-state index in [-0.39, 0.29) is 24.1 Å². The molecule has 0 atom stereocenters. The van der Waals surface area contributed by atoms with E-state index in [9.17, 15) is 14.4 Å². The predicted octanol–water partition coefficient (Wildman–Crippen LogP) is 0.538. The van der Waals surface area contributed by atoms with Crippen LogP contribution in [0.4, 0.5) is 5.82 Å². The summed E-state index contributed by atoms with van der Waals surface area (Å²) in [7, 11) is 1.61. The second kappa shape index (κ2) is 7.91. The molecule has 0 fully saturated rings. The number of benzene rings is 1. The van der Waals surface area contributed by atoms with Crippen molar-refractivity contribution in [1.29, 1.82) is 0 Å². The van der Waals surface area contributed by atoms with Crippen molar-refractivity contribution >= 4 is 23.5 Å². The van der Waals surface area contributed by atoms with E-state index in [0.717, 1.165) is 0 Å². The third-order valence-electron chi connectivity index (χ3n) is 3.17. The smallest absolute Gasteiger partial charge is 0.272 e. The summed E-state index contributed by atoms with van der Waals surface area (Å²) in [5, 5.41) is 11.8. The Bertz CT molecular complexity index is 739. The summed E-state index contributed by atoms with van der Waals surface area (Å²) in [6.07, 6.45) is 0. The fourth-order valence-electron chi connectivity index (χ4n) is 1.98. The van der Waals surface area contributed by atoms with Gasteiger partial charge in [-0.3, -0.25) is 19.1 Å². The summed E-state index contributed by atoms with van der Waals surface area (Å²) in [6.45, 7) is 2.16. The molecule has 0 saturated heterocycles. The zero-order valence-electron chi connectivity index (χ0n) is 13.5. The van der Waals surface area contributed by atoms with Crippen LogP contribution in [-0.2, 0) is 11.8 Å². The van der Waals surface area contributed by atoms with Crippen LogP contribution >= 0.6 is 0 Å². The van der Waals surface area contributed by atoms with Crippen molar-refractivity contribution in [2.45, 2.75) is 6.92 Å². The molecule has 0 spiro atoms. The summed E-state index contributed by atoms with van der Waals surface area (Å²) in [5.41, 5.74) is 0.617. The third-order valence-corrected chi connectivity index (χ3v) is 3.17. The van der Waals surface area contributed by atoms with E-state index >= 15 is 0 Å². The largest absolute Gasteiger partial charge is 0.355 e. The highest BCUT2D eigenvalue weighted by atomic mass is 16.2. The molecule has 0 radical (unpaired) electrons. The maximum absolute atomic E-state index is 12.1. The van der Waals surface area contributed by atoms with Gasteiger partial charge in [0.2, 0.25) is 5.91 Å². The number of aromatic nitrogens is 2. The molecule has 3 amide bonds. The second-order valence-corrected chi connectivity index (χ2v) is 4.99. The van der Waals surface area contributed by atoms with E-state index < -0.39 is 5.91 Å². The molecular weight excluding hydrogens is 310 g/mol. The van der Waals surface area contributed by atoms with Gasteiger partial charge in [-0.05, 0) is 19.1 Å². The Morgan fingerprint density at radius 1 is 1.08 bits per heavy atom. The highest BCUT2D eigenvalue weighted by Gasteiger charge is 2.15. The Kier molecular flexibility index (Phi) is 5.67. The summed E-state index contributed by atoms with van der Waals surface area (Å²) in [6, 6.07) is 10.2. The van der Waals surface area contributed by atoms with Gasteiger partial charge in [0.1, 0.15) is 5.82 Å². The van der Waals surface area contributed by atoms with Crippen molar-refractivity contribution in [2.75, 3.05) is 18.4 Å². The molecular formula is C16H19N5O3. The molecule has 1 aromatic heterocycles. The molecule has 8 heteroatoms. The molecule has 8 nitrogen and oxygen atoms in total.